The van der Waals surface area contributed by atoms with Gasteiger partial charge in [0.2, 0.25) is 0 Å². The maximum absolute atomic E-state index is 13.2. The molecule has 1 N–H and O–H groups in total. The number of fused-ring (bicyclic) bond motifs is 1. The Morgan fingerprint density at radius 1 is 1.29 bits per heavy atom. The van der Waals surface area contributed by atoms with E-state index in [2.05, 4.69) is 32.9 Å². The Bertz CT molecular complexity index is 808. The van der Waals surface area contributed by atoms with Crippen molar-refractivity contribution in [2.75, 3.05) is 20.1 Å². The first-order valence-corrected chi connectivity index (χ1v) is 10.0. The summed E-state index contributed by atoms with van der Waals surface area (Å²) in [6.45, 7) is 5.21. The minimum absolute atomic E-state index is 0.0577. The number of rotatable bonds is 3. The quantitative estimate of drug-likeness (QED) is 0.652. The van der Waals surface area contributed by atoms with Crippen molar-refractivity contribution in [1.82, 2.24) is 19.8 Å². The molecular weight excluding hydrogens is 357 g/mol. The highest BCUT2D eigenvalue weighted by Gasteiger charge is 2.28. The second kappa shape index (κ2) is 8.31. The Balaban J connectivity index is 1.41. The number of nitrogens with zero attached hydrogens (tertiary/aromatic N) is 4. The highest BCUT2D eigenvalue weighted by atomic mass is 19.1. The molecule has 6 nitrogen and oxygen atoms in total. The van der Waals surface area contributed by atoms with Gasteiger partial charge < -0.3 is 19.5 Å². The molecule has 1 saturated heterocycles. The Labute approximate surface area is 165 Å². The number of ether oxygens (including phenoxy) is 1. The fraction of sp³-hybridized carbons (Fsp3) is 0.524. The average Bonchev–Trinajstić information content (AvgIpc) is 3.11. The van der Waals surface area contributed by atoms with Crippen molar-refractivity contribution in [2.24, 2.45) is 4.99 Å². The lowest BCUT2D eigenvalue weighted by Gasteiger charge is -2.38. The van der Waals surface area contributed by atoms with Crippen molar-refractivity contribution in [2.45, 2.75) is 51.5 Å². The third-order valence-electron chi connectivity index (χ3n) is 5.40. The molecule has 0 radical (unpaired) electrons. The van der Waals surface area contributed by atoms with Crippen LogP contribution in [0.4, 0.5) is 4.39 Å². The zero-order chi connectivity index (χ0) is 19.5. The average molecular weight is 385 g/mol. The second-order valence-corrected chi connectivity index (χ2v) is 7.59. The predicted octanol–water partition coefficient (Wildman–Crippen LogP) is 2.90. The molecule has 2 unspecified atom stereocenters. The van der Waals surface area contributed by atoms with Gasteiger partial charge in [-0.3, -0.25) is 4.99 Å². The molecule has 0 spiro atoms. The van der Waals surface area contributed by atoms with Crippen LogP contribution in [0.15, 0.2) is 35.5 Å². The molecule has 0 bridgehead atoms. The van der Waals surface area contributed by atoms with E-state index < -0.39 is 0 Å². The largest absolute Gasteiger partial charge is 0.367 e. The summed E-state index contributed by atoms with van der Waals surface area (Å²) >= 11 is 0. The summed E-state index contributed by atoms with van der Waals surface area (Å²) in [4.78, 5) is 11.4. The molecule has 1 aromatic heterocycles. The number of aryl methyl sites for hydroxylation is 2. The molecular formula is C21H28FN5O. The summed E-state index contributed by atoms with van der Waals surface area (Å²) in [5.41, 5.74) is 2.03. The minimum atomic E-state index is -0.232. The number of aromatic nitrogens is 2. The van der Waals surface area contributed by atoms with Crippen LogP contribution in [0.3, 0.4) is 0 Å². The summed E-state index contributed by atoms with van der Waals surface area (Å²) in [5.74, 6) is 1.80. The molecule has 0 amide bonds. The van der Waals surface area contributed by atoms with Crippen LogP contribution in [-0.2, 0) is 24.2 Å². The normalized spacial score (nSPS) is 22.8. The fourth-order valence-electron chi connectivity index (χ4n) is 4.04. The zero-order valence-corrected chi connectivity index (χ0v) is 16.6. The van der Waals surface area contributed by atoms with Gasteiger partial charge in [-0.25, -0.2) is 9.37 Å². The van der Waals surface area contributed by atoms with Crippen LogP contribution in [0, 0.1) is 5.82 Å². The number of benzene rings is 1. The molecule has 2 aromatic rings. The van der Waals surface area contributed by atoms with E-state index in [4.69, 9.17) is 9.72 Å². The number of hydrogen-bond acceptors (Lipinski definition) is 3. The van der Waals surface area contributed by atoms with E-state index in [0.717, 1.165) is 36.7 Å². The van der Waals surface area contributed by atoms with E-state index in [1.54, 1.807) is 19.2 Å². The topological polar surface area (TPSA) is 54.7 Å². The van der Waals surface area contributed by atoms with Crippen LogP contribution in [0.5, 0.6) is 0 Å². The van der Waals surface area contributed by atoms with Crippen LogP contribution in [0.25, 0.3) is 0 Å². The first-order chi connectivity index (χ1) is 13.6. The van der Waals surface area contributed by atoms with Crippen molar-refractivity contribution in [3.05, 3.63) is 53.4 Å². The van der Waals surface area contributed by atoms with Crippen molar-refractivity contribution in [3.8, 4) is 0 Å². The maximum atomic E-state index is 13.2. The van der Waals surface area contributed by atoms with Crippen LogP contribution in [0.1, 0.15) is 43.0 Å². The Morgan fingerprint density at radius 3 is 2.86 bits per heavy atom. The lowest BCUT2D eigenvalue weighted by molar-refractivity contribution is -0.0605. The van der Waals surface area contributed by atoms with Gasteiger partial charge in [0.15, 0.2) is 5.96 Å². The predicted molar refractivity (Wildman–Crippen MR) is 107 cm³/mol. The summed E-state index contributed by atoms with van der Waals surface area (Å²) in [5, 5.41) is 3.45. The van der Waals surface area contributed by atoms with Crippen LogP contribution in [0.2, 0.25) is 0 Å². The highest BCUT2D eigenvalue weighted by molar-refractivity contribution is 5.80. The van der Waals surface area contributed by atoms with E-state index >= 15 is 0 Å². The Kier molecular flexibility index (Phi) is 5.62. The molecule has 3 heterocycles. The van der Waals surface area contributed by atoms with Crippen molar-refractivity contribution in [3.63, 3.8) is 0 Å². The van der Waals surface area contributed by atoms with Crippen LogP contribution in [-0.4, -0.2) is 46.7 Å². The smallest absolute Gasteiger partial charge is 0.194 e. The van der Waals surface area contributed by atoms with Gasteiger partial charge in [-0.05, 0) is 37.5 Å². The number of nitrogens with one attached hydrogen (secondary N) is 1. The Hall–Kier alpha value is -2.41. The van der Waals surface area contributed by atoms with Crippen molar-refractivity contribution < 1.29 is 9.13 Å². The summed E-state index contributed by atoms with van der Waals surface area (Å²) < 4.78 is 21.6. The van der Waals surface area contributed by atoms with Crippen molar-refractivity contribution >= 4 is 5.96 Å². The molecule has 0 saturated carbocycles. The summed E-state index contributed by atoms with van der Waals surface area (Å²) in [6.07, 6.45) is 5.62. The minimum Gasteiger partial charge on any atom is -0.367 e. The lowest BCUT2D eigenvalue weighted by Crippen LogP contribution is -2.50. The summed E-state index contributed by atoms with van der Waals surface area (Å²) in [6, 6.07) is 6.55. The highest BCUT2D eigenvalue weighted by Crippen LogP contribution is 2.25. The number of hydrogen-bond donors (Lipinski definition) is 1. The number of imidazole rings is 1. The monoisotopic (exact) mass is 385 g/mol. The van der Waals surface area contributed by atoms with E-state index in [1.165, 1.54) is 30.8 Å². The molecule has 4 rings (SSSR count). The SMILES string of the molecule is CN=C(NCc1cn2c(n1)CCCC2)N1CC(C)OC(c2ccc(F)cc2)C1. The van der Waals surface area contributed by atoms with E-state index in [-0.39, 0.29) is 18.0 Å². The number of guanidine groups is 1. The van der Waals surface area contributed by atoms with E-state index in [1.807, 2.05) is 0 Å². The number of morpholine rings is 1. The van der Waals surface area contributed by atoms with Gasteiger partial charge in [-0.1, -0.05) is 12.1 Å². The summed E-state index contributed by atoms with van der Waals surface area (Å²) in [7, 11) is 1.80. The first-order valence-electron chi connectivity index (χ1n) is 10.0. The molecule has 1 aromatic carbocycles. The molecule has 28 heavy (non-hydrogen) atoms. The molecule has 0 aliphatic carbocycles. The van der Waals surface area contributed by atoms with Crippen LogP contribution < -0.4 is 5.32 Å². The van der Waals surface area contributed by atoms with E-state index in [0.29, 0.717) is 13.1 Å². The van der Waals surface area contributed by atoms with E-state index in [9.17, 15) is 4.39 Å². The second-order valence-electron chi connectivity index (χ2n) is 7.59. The van der Waals surface area contributed by atoms with Gasteiger partial charge in [0.25, 0.3) is 0 Å². The van der Waals surface area contributed by atoms with Crippen molar-refractivity contribution in [1.29, 1.82) is 0 Å². The fourth-order valence-corrected chi connectivity index (χ4v) is 4.04. The molecule has 7 heteroatoms. The molecule has 2 aliphatic heterocycles. The number of aliphatic imine (C=N–C) groups is 1. The lowest BCUT2D eigenvalue weighted by atomic mass is 10.1. The third-order valence-corrected chi connectivity index (χ3v) is 5.40. The molecule has 150 valence electrons. The van der Waals surface area contributed by atoms with Gasteiger partial charge in [-0.2, -0.15) is 0 Å². The first kappa shape index (κ1) is 18.9. The molecule has 2 atom stereocenters. The maximum Gasteiger partial charge on any atom is 0.194 e. The molecule has 2 aliphatic rings. The van der Waals surface area contributed by atoms with Crippen LogP contribution >= 0.6 is 0 Å². The van der Waals surface area contributed by atoms with Gasteiger partial charge in [0.1, 0.15) is 17.7 Å². The van der Waals surface area contributed by atoms with Gasteiger partial charge in [0.05, 0.1) is 24.9 Å². The third kappa shape index (κ3) is 4.19. The van der Waals surface area contributed by atoms with Gasteiger partial charge in [0, 0.05) is 32.8 Å². The zero-order valence-electron chi connectivity index (χ0n) is 16.6. The molecule has 1 fully saturated rings. The standard InChI is InChI=1S/C21H28FN5O/c1-15-12-27(14-19(28-15)16-6-8-17(22)9-7-16)21(23-2)24-11-18-13-26-10-4-3-5-20(26)25-18/h6-9,13,15,19H,3-5,10-12,14H2,1-2H3,(H,23,24). The Morgan fingerprint density at radius 2 is 2.11 bits per heavy atom. The van der Waals surface area contributed by atoms with Gasteiger partial charge in [-0.15, -0.1) is 0 Å². The number of halogens is 1. The van der Waals surface area contributed by atoms with Gasteiger partial charge >= 0.3 is 0 Å².